The summed E-state index contributed by atoms with van der Waals surface area (Å²) in [5, 5.41) is 23.9. The average Bonchev–Trinajstić information content (AvgIpc) is 3.56. The molecule has 1 saturated heterocycles. The molecule has 306 valence electrons. The summed E-state index contributed by atoms with van der Waals surface area (Å²) in [6, 6.07) is 31.5. The topological polar surface area (TPSA) is 170 Å². The van der Waals surface area contributed by atoms with Gasteiger partial charge in [0.15, 0.2) is 6.35 Å². The van der Waals surface area contributed by atoms with Crippen molar-refractivity contribution in [2.45, 2.75) is 75.1 Å². The molecule has 1 fully saturated rings. The van der Waals surface area contributed by atoms with E-state index in [2.05, 4.69) is 5.32 Å². The van der Waals surface area contributed by atoms with Gasteiger partial charge in [0.25, 0.3) is 0 Å². The van der Waals surface area contributed by atoms with Gasteiger partial charge in [-0.3, -0.25) is 4.57 Å². The van der Waals surface area contributed by atoms with Gasteiger partial charge in [0, 0.05) is 25.6 Å². The predicted molar refractivity (Wildman–Crippen MR) is 213 cm³/mol. The van der Waals surface area contributed by atoms with Crippen LogP contribution in [0.5, 0.6) is 5.75 Å². The van der Waals surface area contributed by atoms with Crippen molar-refractivity contribution in [1.29, 1.82) is 0 Å². The van der Waals surface area contributed by atoms with E-state index in [0.29, 0.717) is 17.7 Å². The monoisotopic (exact) mass is 822 g/mol. The molecule has 6 rings (SSSR count). The Morgan fingerprint density at radius 1 is 0.912 bits per heavy atom. The van der Waals surface area contributed by atoms with Crippen molar-refractivity contribution in [3.05, 3.63) is 131 Å². The number of aliphatic hydroxyl groups excluding tert-OH is 2. The normalized spacial score (nSPS) is 21.6. The first kappa shape index (κ1) is 42.5. The summed E-state index contributed by atoms with van der Waals surface area (Å²) < 4.78 is 72.3. The number of aliphatic hydroxyl groups is 2. The number of β-amino-alcohol motifs (C(OH)–C–C–N with tert-alkyl or cyclic N) is 1. The van der Waals surface area contributed by atoms with Gasteiger partial charge in [-0.05, 0) is 66.1 Å². The van der Waals surface area contributed by atoms with Crippen LogP contribution >= 0.6 is 7.60 Å². The molecule has 2 aliphatic rings. The summed E-state index contributed by atoms with van der Waals surface area (Å²) in [7, 11) is -7.90. The maximum absolute atomic E-state index is 14.1. The Kier molecular flexibility index (Phi) is 14.6. The molecule has 0 radical (unpaired) electrons. The molecular weight excluding hydrogens is 772 g/mol. The van der Waals surface area contributed by atoms with E-state index in [1.807, 2.05) is 105 Å². The van der Waals surface area contributed by atoms with Crippen molar-refractivity contribution in [2.24, 2.45) is 5.92 Å². The van der Waals surface area contributed by atoms with Crippen molar-refractivity contribution in [2.75, 3.05) is 32.7 Å². The molecule has 0 spiro atoms. The van der Waals surface area contributed by atoms with Gasteiger partial charge in [-0.1, -0.05) is 97.9 Å². The SMILES string of the molecule is CC1CN(C[C@@H](O)[C@H](Cc2ccccc2)NC(=O)O[C@H]2CO[C@@H](C)[C@H]2CCO)S(=O)(=O)c2ccc(OCP(=O)(OCc3ccccc3)OCc3ccccc3)cc21. The number of ether oxygens (including phenoxy) is 3. The van der Waals surface area contributed by atoms with E-state index in [9.17, 15) is 28.0 Å². The number of fused-ring (bicyclic) bond motifs is 1. The van der Waals surface area contributed by atoms with Crippen molar-refractivity contribution < 1.29 is 51.2 Å². The van der Waals surface area contributed by atoms with Crippen LogP contribution in [0.3, 0.4) is 0 Å². The minimum Gasteiger partial charge on any atom is -0.481 e. The number of nitrogens with one attached hydrogen (secondary N) is 1. The molecule has 1 amide bonds. The minimum absolute atomic E-state index is 0.0418. The maximum atomic E-state index is 14.1. The highest BCUT2D eigenvalue weighted by Crippen LogP contribution is 2.50. The van der Waals surface area contributed by atoms with Crippen LogP contribution in [-0.2, 0) is 52.7 Å². The number of benzene rings is 4. The van der Waals surface area contributed by atoms with Crippen molar-refractivity contribution in [3.63, 3.8) is 0 Å². The number of amides is 1. The molecule has 57 heavy (non-hydrogen) atoms. The zero-order chi connectivity index (χ0) is 40.4. The summed E-state index contributed by atoms with van der Waals surface area (Å²) in [6.07, 6.45) is -2.64. The highest BCUT2D eigenvalue weighted by atomic mass is 32.2. The molecule has 4 aromatic rings. The first-order chi connectivity index (χ1) is 27.4. The molecule has 0 aliphatic carbocycles. The van der Waals surface area contributed by atoms with E-state index < -0.39 is 48.3 Å². The Labute approximate surface area is 334 Å². The fourth-order valence-electron chi connectivity index (χ4n) is 7.11. The van der Waals surface area contributed by atoms with Gasteiger partial charge in [0.2, 0.25) is 10.0 Å². The van der Waals surface area contributed by atoms with Gasteiger partial charge in [-0.2, -0.15) is 4.31 Å². The number of alkyl carbamates (subject to hydrolysis) is 1. The third kappa shape index (κ3) is 11.3. The molecule has 15 heteroatoms. The molecule has 2 heterocycles. The smallest absolute Gasteiger partial charge is 0.407 e. The molecule has 2 aliphatic heterocycles. The van der Waals surface area contributed by atoms with Crippen LogP contribution in [-0.4, -0.2) is 86.0 Å². The van der Waals surface area contributed by atoms with Gasteiger partial charge < -0.3 is 38.8 Å². The molecule has 0 aromatic heterocycles. The Hall–Kier alpha value is -4.11. The number of sulfonamides is 1. The Morgan fingerprint density at radius 2 is 1.51 bits per heavy atom. The first-order valence-corrected chi connectivity index (χ1v) is 22.3. The maximum Gasteiger partial charge on any atom is 0.407 e. The Morgan fingerprint density at radius 3 is 2.11 bits per heavy atom. The predicted octanol–water partition coefficient (Wildman–Crippen LogP) is 6.24. The average molecular weight is 823 g/mol. The van der Waals surface area contributed by atoms with E-state index in [4.69, 9.17) is 23.3 Å². The van der Waals surface area contributed by atoms with Crippen LogP contribution in [0.15, 0.2) is 114 Å². The molecule has 0 saturated carbocycles. The van der Waals surface area contributed by atoms with Gasteiger partial charge in [0.1, 0.15) is 11.9 Å². The van der Waals surface area contributed by atoms with Crippen LogP contribution in [0.2, 0.25) is 0 Å². The van der Waals surface area contributed by atoms with Crippen molar-refractivity contribution in [3.8, 4) is 5.75 Å². The third-order valence-electron chi connectivity index (χ3n) is 10.3. The molecule has 13 nitrogen and oxygen atoms in total. The van der Waals surface area contributed by atoms with Gasteiger partial charge in [-0.25, -0.2) is 13.2 Å². The van der Waals surface area contributed by atoms with Crippen LogP contribution in [0, 0.1) is 5.92 Å². The van der Waals surface area contributed by atoms with Gasteiger partial charge >= 0.3 is 13.7 Å². The number of hydrogen-bond acceptors (Lipinski definition) is 11. The third-order valence-corrected chi connectivity index (χ3v) is 13.7. The first-order valence-electron chi connectivity index (χ1n) is 19.1. The molecule has 3 N–H and O–H groups in total. The quantitative estimate of drug-likeness (QED) is 0.0972. The highest BCUT2D eigenvalue weighted by molar-refractivity contribution is 7.89. The van der Waals surface area contributed by atoms with Crippen LogP contribution < -0.4 is 10.1 Å². The van der Waals surface area contributed by atoms with E-state index in [0.717, 1.165) is 16.7 Å². The summed E-state index contributed by atoms with van der Waals surface area (Å²) in [5.41, 5.74) is 2.96. The highest BCUT2D eigenvalue weighted by Gasteiger charge is 2.40. The van der Waals surface area contributed by atoms with Crippen LogP contribution in [0.25, 0.3) is 0 Å². The molecular formula is C42H51N2O11PS. The summed E-state index contributed by atoms with van der Waals surface area (Å²) in [6.45, 7) is 3.69. The lowest BCUT2D eigenvalue weighted by atomic mass is 9.96. The largest absolute Gasteiger partial charge is 0.481 e. The second-order valence-corrected chi connectivity index (χ2v) is 18.4. The number of carbonyl (C=O) groups is 1. The standard InChI is InChI=1S/C42H51N2O11PS/c1-30-24-44(25-39(46)38(22-32-12-6-3-7-13-32)43-42(47)55-40-28-51-31(2)36(40)20-21-45)57(49,50)41-19-18-35(23-37(30)41)52-29-56(48,53-26-33-14-8-4-9-15-33)54-27-34-16-10-5-11-17-34/h3-19,23,30-31,36,38-40,45-46H,20-22,24-29H2,1-2H3,(H,43,47)/t30?,31-,36+,38-,39+,40-/m0/s1. The van der Waals surface area contributed by atoms with Crippen molar-refractivity contribution in [1.82, 2.24) is 9.62 Å². The zero-order valence-corrected chi connectivity index (χ0v) is 33.8. The Balaban J connectivity index is 1.14. The second-order valence-electron chi connectivity index (χ2n) is 14.5. The fraction of sp³-hybridized carbons (Fsp3) is 0.405. The number of hydrogen-bond donors (Lipinski definition) is 3. The summed E-state index contributed by atoms with van der Waals surface area (Å²) in [4.78, 5) is 13.3. The molecule has 4 aromatic carbocycles. The van der Waals surface area contributed by atoms with E-state index in [1.165, 1.54) is 16.4 Å². The molecule has 6 atom stereocenters. The number of nitrogens with zero attached hydrogens (tertiary/aromatic N) is 1. The van der Waals surface area contributed by atoms with Crippen LogP contribution in [0.1, 0.15) is 48.4 Å². The second kappa shape index (κ2) is 19.6. The lowest BCUT2D eigenvalue weighted by molar-refractivity contribution is 0.0527. The van der Waals surface area contributed by atoms with E-state index in [-0.39, 0.29) is 68.8 Å². The van der Waals surface area contributed by atoms with Gasteiger partial charge in [-0.15, -0.1) is 0 Å². The molecule has 0 bridgehead atoms. The Bertz CT molecular complexity index is 2010. The van der Waals surface area contributed by atoms with Crippen LogP contribution in [0.4, 0.5) is 4.79 Å². The summed E-state index contributed by atoms with van der Waals surface area (Å²) in [5.74, 6) is -0.201. The van der Waals surface area contributed by atoms with Crippen molar-refractivity contribution >= 4 is 23.7 Å². The van der Waals surface area contributed by atoms with E-state index in [1.54, 1.807) is 6.07 Å². The van der Waals surface area contributed by atoms with E-state index >= 15 is 0 Å². The lowest BCUT2D eigenvalue weighted by Crippen LogP contribution is -2.52. The summed E-state index contributed by atoms with van der Waals surface area (Å²) >= 11 is 0. The fourth-order valence-corrected chi connectivity index (χ4v) is 10.2. The van der Waals surface area contributed by atoms with Gasteiger partial charge in [0.05, 0.1) is 43.0 Å². The number of rotatable bonds is 18. The number of carbonyl (C=O) groups excluding carboxylic acids is 1. The minimum atomic E-state index is -4.09. The lowest BCUT2D eigenvalue weighted by Gasteiger charge is -2.35. The molecule has 1 unspecified atom stereocenters. The zero-order valence-electron chi connectivity index (χ0n) is 32.1.